The highest BCUT2D eigenvalue weighted by molar-refractivity contribution is 5.90. The zero-order chi connectivity index (χ0) is 5.28. The van der Waals surface area contributed by atoms with E-state index in [2.05, 4.69) is 12.1 Å². The Bertz CT molecular complexity index is 98.3. The number of hydrogen-bond donors (Lipinski definition) is 1. The van der Waals surface area contributed by atoms with Gasteiger partial charge in [0.25, 0.3) is 0 Å². The summed E-state index contributed by atoms with van der Waals surface area (Å²) in [5.74, 6) is 0.546. The van der Waals surface area contributed by atoms with Crippen LogP contribution in [0.25, 0.3) is 0 Å². The van der Waals surface area contributed by atoms with Crippen LogP contribution in [-0.4, -0.2) is 10.9 Å². The van der Waals surface area contributed by atoms with E-state index in [0.29, 0.717) is 5.92 Å². The highest BCUT2D eigenvalue weighted by Gasteiger charge is 2.20. The van der Waals surface area contributed by atoms with Crippen LogP contribution in [0.4, 0.5) is 0 Å². The van der Waals surface area contributed by atoms with Crippen molar-refractivity contribution in [1.29, 1.82) is 0 Å². The molecule has 0 amide bonds. The van der Waals surface area contributed by atoms with Crippen molar-refractivity contribution in [2.45, 2.75) is 19.8 Å². The molecule has 1 aliphatic carbocycles. The summed E-state index contributed by atoms with van der Waals surface area (Å²) in [5, 5.41) is 11.2. The standard InChI is InChI=1S/C5H9NO/c1-4-2-3-5(4)6-7/h4,7H,2-3H2,1H3/b6-5-. The maximum atomic E-state index is 8.14. The second-order valence-corrected chi connectivity index (χ2v) is 2.03. The monoisotopic (exact) mass is 99.1 g/mol. The van der Waals surface area contributed by atoms with Gasteiger partial charge < -0.3 is 5.21 Å². The van der Waals surface area contributed by atoms with Gasteiger partial charge in [-0.1, -0.05) is 12.1 Å². The third kappa shape index (κ3) is 0.601. The smallest absolute Gasteiger partial charge is 0.0599 e. The lowest BCUT2D eigenvalue weighted by atomic mass is 9.85. The van der Waals surface area contributed by atoms with Gasteiger partial charge in [0.15, 0.2) is 0 Å². The molecule has 2 heteroatoms. The van der Waals surface area contributed by atoms with Crippen molar-refractivity contribution < 1.29 is 5.21 Å². The fourth-order valence-electron chi connectivity index (χ4n) is 0.711. The Morgan fingerprint density at radius 3 is 2.57 bits per heavy atom. The summed E-state index contributed by atoms with van der Waals surface area (Å²) >= 11 is 0. The van der Waals surface area contributed by atoms with E-state index in [-0.39, 0.29) is 0 Å². The molecule has 1 unspecified atom stereocenters. The topological polar surface area (TPSA) is 32.6 Å². The van der Waals surface area contributed by atoms with E-state index >= 15 is 0 Å². The van der Waals surface area contributed by atoms with Crippen LogP contribution in [0.1, 0.15) is 19.8 Å². The Kier molecular flexibility index (Phi) is 1.01. The van der Waals surface area contributed by atoms with Crippen LogP contribution in [-0.2, 0) is 0 Å². The number of rotatable bonds is 0. The van der Waals surface area contributed by atoms with Gasteiger partial charge in [-0.2, -0.15) is 0 Å². The van der Waals surface area contributed by atoms with Gasteiger partial charge in [0.2, 0.25) is 0 Å². The zero-order valence-corrected chi connectivity index (χ0v) is 4.39. The van der Waals surface area contributed by atoms with Crippen LogP contribution in [0.3, 0.4) is 0 Å². The molecule has 0 aliphatic heterocycles. The summed E-state index contributed by atoms with van der Waals surface area (Å²) in [6.07, 6.45) is 2.19. The van der Waals surface area contributed by atoms with E-state index in [0.717, 1.165) is 12.1 Å². The van der Waals surface area contributed by atoms with Crippen LogP contribution in [0.5, 0.6) is 0 Å². The Hall–Kier alpha value is -0.530. The minimum absolute atomic E-state index is 0.546. The van der Waals surface area contributed by atoms with E-state index < -0.39 is 0 Å². The predicted molar refractivity (Wildman–Crippen MR) is 27.6 cm³/mol. The zero-order valence-electron chi connectivity index (χ0n) is 4.39. The van der Waals surface area contributed by atoms with Crippen molar-refractivity contribution in [2.24, 2.45) is 11.1 Å². The maximum absolute atomic E-state index is 8.14. The van der Waals surface area contributed by atoms with Gasteiger partial charge in [-0.3, -0.25) is 0 Å². The normalized spacial score (nSPS) is 35.6. The molecule has 2 nitrogen and oxygen atoms in total. The van der Waals surface area contributed by atoms with Crippen molar-refractivity contribution >= 4 is 5.71 Å². The largest absolute Gasteiger partial charge is 0.411 e. The molecule has 0 aromatic rings. The molecule has 1 saturated carbocycles. The van der Waals surface area contributed by atoms with Crippen LogP contribution in [0.15, 0.2) is 5.16 Å². The lowest BCUT2D eigenvalue weighted by Crippen LogP contribution is -2.22. The lowest BCUT2D eigenvalue weighted by molar-refractivity contribution is 0.307. The SMILES string of the molecule is CC1CC/C1=N/O. The summed E-state index contributed by atoms with van der Waals surface area (Å²) < 4.78 is 0. The number of oxime groups is 1. The fourth-order valence-corrected chi connectivity index (χ4v) is 0.711. The van der Waals surface area contributed by atoms with Crippen molar-refractivity contribution in [3.05, 3.63) is 0 Å². The average Bonchev–Trinajstić information content (AvgIpc) is 1.65. The van der Waals surface area contributed by atoms with Crippen molar-refractivity contribution in [2.75, 3.05) is 0 Å². The third-order valence-electron chi connectivity index (χ3n) is 1.53. The third-order valence-corrected chi connectivity index (χ3v) is 1.53. The first-order chi connectivity index (χ1) is 3.34. The molecule has 7 heavy (non-hydrogen) atoms. The molecule has 1 rings (SSSR count). The molecule has 0 radical (unpaired) electrons. The molecule has 0 spiro atoms. The van der Waals surface area contributed by atoms with E-state index in [1.165, 1.54) is 6.42 Å². The first-order valence-corrected chi connectivity index (χ1v) is 2.55. The molecule has 1 fully saturated rings. The highest BCUT2D eigenvalue weighted by atomic mass is 16.4. The summed E-state index contributed by atoms with van der Waals surface area (Å²) in [6, 6.07) is 0. The van der Waals surface area contributed by atoms with Gasteiger partial charge in [0, 0.05) is 0 Å². The molecule has 1 aliphatic rings. The van der Waals surface area contributed by atoms with Crippen LogP contribution < -0.4 is 0 Å². The van der Waals surface area contributed by atoms with Crippen LogP contribution >= 0.6 is 0 Å². The van der Waals surface area contributed by atoms with Gasteiger partial charge in [0.1, 0.15) is 0 Å². The molecule has 40 valence electrons. The minimum atomic E-state index is 0.546. The second kappa shape index (κ2) is 1.52. The van der Waals surface area contributed by atoms with Crippen LogP contribution in [0, 0.1) is 5.92 Å². The van der Waals surface area contributed by atoms with Gasteiger partial charge in [-0.25, -0.2) is 0 Å². The Morgan fingerprint density at radius 1 is 1.86 bits per heavy atom. The predicted octanol–water partition coefficient (Wildman–Crippen LogP) is 1.25. The second-order valence-electron chi connectivity index (χ2n) is 2.03. The molecule has 0 aromatic carbocycles. The van der Waals surface area contributed by atoms with E-state index in [4.69, 9.17) is 5.21 Å². The summed E-state index contributed by atoms with van der Waals surface area (Å²) in [6.45, 7) is 2.07. The number of nitrogens with zero attached hydrogens (tertiary/aromatic N) is 1. The average molecular weight is 99.1 g/mol. The van der Waals surface area contributed by atoms with Crippen molar-refractivity contribution in [1.82, 2.24) is 0 Å². The lowest BCUT2D eigenvalue weighted by Gasteiger charge is -2.21. The summed E-state index contributed by atoms with van der Waals surface area (Å²) in [5.41, 5.74) is 0.958. The quantitative estimate of drug-likeness (QED) is 0.359. The maximum Gasteiger partial charge on any atom is 0.0599 e. The molecule has 0 heterocycles. The van der Waals surface area contributed by atoms with Gasteiger partial charge in [-0.05, 0) is 18.8 Å². The van der Waals surface area contributed by atoms with Crippen molar-refractivity contribution in [3.63, 3.8) is 0 Å². The van der Waals surface area contributed by atoms with E-state index in [9.17, 15) is 0 Å². The first-order valence-electron chi connectivity index (χ1n) is 2.55. The molecular formula is C5H9NO. The molecule has 0 aromatic heterocycles. The fraction of sp³-hybridized carbons (Fsp3) is 0.800. The van der Waals surface area contributed by atoms with Gasteiger partial charge in [-0.15, -0.1) is 0 Å². The highest BCUT2D eigenvalue weighted by Crippen LogP contribution is 2.21. The molecule has 0 bridgehead atoms. The number of hydrogen-bond acceptors (Lipinski definition) is 2. The van der Waals surface area contributed by atoms with Crippen LogP contribution in [0.2, 0.25) is 0 Å². The van der Waals surface area contributed by atoms with Crippen molar-refractivity contribution in [3.8, 4) is 0 Å². The Balaban J connectivity index is 2.44. The molecule has 1 atom stereocenters. The van der Waals surface area contributed by atoms with E-state index in [1.807, 2.05) is 0 Å². The Labute approximate surface area is 42.8 Å². The summed E-state index contributed by atoms with van der Waals surface area (Å²) in [7, 11) is 0. The minimum Gasteiger partial charge on any atom is -0.411 e. The van der Waals surface area contributed by atoms with E-state index in [1.54, 1.807) is 0 Å². The molecule has 0 saturated heterocycles. The Morgan fingerprint density at radius 2 is 2.57 bits per heavy atom. The molecule has 1 N–H and O–H groups in total. The first kappa shape index (κ1) is 4.62. The molecular weight excluding hydrogens is 90.1 g/mol. The van der Waals surface area contributed by atoms with Gasteiger partial charge in [0.05, 0.1) is 5.71 Å². The summed E-state index contributed by atoms with van der Waals surface area (Å²) in [4.78, 5) is 0. The van der Waals surface area contributed by atoms with Gasteiger partial charge >= 0.3 is 0 Å².